The number of carboxylic acid groups (broad SMARTS) is 1. The monoisotopic (exact) mass is 330 g/mol. The molecule has 2 aromatic heterocycles. The molecule has 2 rings (SSSR count). The number of thiophene rings is 1. The van der Waals surface area contributed by atoms with Gasteiger partial charge in [0.15, 0.2) is 0 Å². The Labute approximate surface area is 128 Å². The normalized spacial score (nSPS) is 11.6. The van der Waals surface area contributed by atoms with E-state index >= 15 is 0 Å². The first-order valence-corrected chi connectivity index (χ1v) is 7.15. The molecule has 0 aliphatic heterocycles. The van der Waals surface area contributed by atoms with Crippen LogP contribution in [0, 0.1) is 6.92 Å². The number of alkyl halides is 3. The molecule has 0 radical (unpaired) electrons. The topological polar surface area (TPSA) is 62.2 Å². The molecule has 0 aliphatic carbocycles. The summed E-state index contributed by atoms with van der Waals surface area (Å²) in [6.07, 6.45) is -3.13. The molecule has 0 saturated heterocycles. The van der Waals surface area contributed by atoms with E-state index in [0.29, 0.717) is 0 Å². The van der Waals surface area contributed by atoms with Crippen molar-refractivity contribution in [3.8, 4) is 0 Å². The number of rotatable bonds is 5. The molecule has 0 aromatic carbocycles. The summed E-state index contributed by atoms with van der Waals surface area (Å²) in [7, 11) is 0. The van der Waals surface area contributed by atoms with Crippen LogP contribution >= 0.6 is 11.3 Å². The minimum atomic E-state index is -4.44. The van der Waals surface area contributed by atoms with Crippen LogP contribution in [-0.2, 0) is 19.3 Å². The Hall–Kier alpha value is -1.93. The van der Waals surface area contributed by atoms with Gasteiger partial charge in [-0.1, -0.05) is 0 Å². The third-order valence-corrected chi connectivity index (χ3v) is 4.12. The first kappa shape index (κ1) is 16.4. The quantitative estimate of drug-likeness (QED) is 0.881. The molecule has 118 valence electrons. The molecule has 0 unspecified atom stereocenters. The molecule has 22 heavy (non-hydrogen) atoms. The van der Waals surface area contributed by atoms with Gasteiger partial charge >= 0.3 is 12.1 Å². The van der Waals surface area contributed by atoms with Crippen LogP contribution in [-0.4, -0.2) is 16.1 Å². The van der Waals surface area contributed by atoms with Crippen molar-refractivity contribution >= 4 is 17.3 Å². The lowest BCUT2D eigenvalue weighted by atomic mass is 10.2. The van der Waals surface area contributed by atoms with E-state index in [0.717, 1.165) is 27.8 Å². The summed E-state index contributed by atoms with van der Waals surface area (Å²) in [5.41, 5.74) is -0.0935. The Morgan fingerprint density at radius 2 is 2.14 bits per heavy atom. The number of carbonyl (C=O) groups is 1. The first-order chi connectivity index (χ1) is 10.3. The molecule has 0 amide bonds. The Balaban J connectivity index is 2.05. The van der Waals surface area contributed by atoms with E-state index in [1.807, 2.05) is 0 Å². The second-order valence-corrected chi connectivity index (χ2v) is 5.85. The average Bonchev–Trinajstić information content (AvgIpc) is 2.80. The van der Waals surface area contributed by atoms with Crippen molar-refractivity contribution in [3.05, 3.63) is 51.0 Å². The van der Waals surface area contributed by atoms with Gasteiger partial charge in [0.05, 0.1) is 11.3 Å². The lowest BCUT2D eigenvalue weighted by Crippen LogP contribution is -2.18. The van der Waals surface area contributed by atoms with Crippen molar-refractivity contribution in [2.24, 2.45) is 0 Å². The summed E-state index contributed by atoms with van der Waals surface area (Å²) in [6.45, 7) is 2.01. The maximum atomic E-state index is 12.8. The number of halogens is 3. The molecule has 0 spiro atoms. The number of hydrogen-bond donors (Lipinski definition) is 2. The molecule has 0 atom stereocenters. The van der Waals surface area contributed by atoms with E-state index in [1.165, 1.54) is 18.3 Å². The fourth-order valence-corrected chi connectivity index (χ4v) is 2.83. The van der Waals surface area contributed by atoms with Crippen LogP contribution in [0.1, 0.15) is 31.4 Å². The Morgan fingerprint density at radius 3 is 2.73 bits per heavy atom. The van der Waals surface area contributed by atoms with E-state index in [2.05, 4.69) is 10.3 Å². The van der Waals surface area contributed by atoms with Crippen LogP contribution in [0.5, 0.6) is 0 Å². The predicted molar refractivity (Wildman–Crippen MR) is 75.8 cm³/mol. The summed E-state index contributed by atoms with van der Waals surface area (Å²) >= 11 is 1.14. The van der Waals surface area contributed by atoms with Crippen LogP contribution in [0.25, 0.3) is 0 Å². The second-order valence-electron chi connectivity index (χ2n) is 4.60. The van der Waals surface area contributed by atoms with Crippen molar-refractivity contribution in [3.63, 3.8) is 0 Å². The van der Waals surface area contributed by atoms with Crippen LogP contribution in [0.3, 0.4) is 0 Å². The van der Waals surface area contributed by atoms with E-state index in [-0.39, 0.29) is 23.7 Å². The zero-order valence-corrected chi connectivity index (χ0v) is 12.4. The number of hydrogen-bond acceptors (Lipinski definition) is 4. The third-order valence-electron chi connectivity index (χ3n) is 3.03. The highest BCUT2D eigenvalue weighted by Crippen LogP contribution is 2.31. The lowest BCUT2D eigenvalue weighted by Gasteiger charge is -2.12. The highest BCUT2D eigenvalue weighted by molar-refractivity contribution is 7.14. The minimum Gasteiger partial charge on any atom is -0.477 e. The average molecular weight is 330 g/mol. The second kappa shape index (κ2) is 6.45. The summed E-state index contributed by atoms with van der Waals surface area (Å²) < 4.78 is 38.5. The Morgan fingerprint density at radius 1 is 1.41 bits per heavy atom. The molecule has 0 fully saturated rings. The van der Waals surface area contributed by atoms with Crippen molar-refractivity contribution in [2.45, 2.75) is 26.2 Å². The van der Waals surface area contributed by atoms with E-state index < -0.39 is 17.7 Å². The van der Waals surface area contributed by atoms with E-state index in [4.69, 9.17) is 5.11 Å². The number of aromatic carboxylic acids is 1. The molecule has 2 N–H and O–H groups in total. The Bertz CT molecular complexity index is 683. The largest absolute Gasteiger partial charge is 0.477 e. The Kier molecular flexibility index (Phi) is 4.82. The van der Waals surface area contributed by atoms with Gasteiger partial charge in [0.1, 0.15) is 4.88 Å². The van der Waals surface area contributed by atoms with Crippen molar-refractivity contribution in [2.75, 3.05) is 0 Å². The SMILES string of the molecule is Cc1sc(C(=O)O)cc1CNCc1ncccc1C(F)(F)F. The zero-order chi connectivity index (χ0) is 16.3. The molecule has 0 bridgehead atoms. The molecule has 0 saturated carbocycles. The molecule has 4 nitrogen and oxygen atoms in total. The van der Waals surface area contributed by atoms with Crippen molar-refractivity contribution in [1.29, 1.82) is 0 Å². The van der Waals surface area contributed by atoms with Crippen LogP contribution < -0.4 is 5.32 Å². The van der Waals surface area contributed by atoms with Crippen LogP contribution in [0.2, 0.25) is 0 Å². The third kappa shape index (κ3) is 3.83. The van der Waals surface area contributed by atoms with Crippen LogP contribution in [0.4, 0.5) is 13.2 Å². The minimum absolute atomic E-state index is 0.0482. The van der Waals surface area contributed by atoms with Gasteiger partial charge in [-0.2, -0.15) is 13.2 Å². The highest BCUT2D eigenvalue weighted by Gasteiger charge is 2.33. The number of nitrogens with zero attached hydrogens (tertiary/aromatic N) is 1. The summed E-state index contributed by atoms with van der Waals surface area (Å²) in [5.74, 6) is -1.01. The van der Waals surface area contributed by atoms with E-state index in [1.54, 1.807) is 6.92 Å². The fraction of sp³-hybridized carbons (Fsp3) is 0.286. The molecule has 2 aromatic rings. The predicted octanol–water partition coefficient (Wildman–Crippen LogP) is 3.46. The molecular formula is C14H13F3N2O2S. The van der Waals surface area contributed by atoms with Gasteiger partial charge in [-0.15, -0.1) is 11.3 Å². The van der Waals surface area contributed by atoms with Crippen molar-refractivity contribution in [1.82, 2.24) is 10.3 Å². The maximum absolute atomic E-state index is 12.8. The summed E-state index contributed by atoms with van der Waals surface area (Å²) in [5, 5.41) is 11.8. The first-order valence-electron chi connectivity index (χ1n) is 6.33. The number of carboxylic acids is 1. The summed E-state index contributed by atoms with van der Waals surface area (Å²) in [6, 6.07) is 3.76. The van der Waals surface area contributed by atoms with Gasteiger partial charge in [-0.3, -0.25) is 4.98 Å². The van der Waals surface area contributed by atoms with Gasteiger partial charge in [-0.05, 0) is 30.7 Å². The standard InChI is InChI=1S/C14H13F3N2O2S/c1-8-9(5-12(22-8)13(20)21)6-18-7-11-10(14(15,16)17)3-2-4-19-11/h2-5,18H,6-7H2,1H3,(H,20,21). The molecule has 0 aliphatic rings. The van der Waals surface area contributed by atoms with Gasteiger partial charge < -0.3 is 10.4 Å². The van der Waals surface area contributed by atoms with Gasteiger partial charge in [0.2, 0.25) is 0 Å². The van der Waals surface area contributed by atoms with Gasteiger partial charge in [0.25, 0.3) is 0 Å². The van der Waals surface area contributed by atoms with Gasteiger partial charge in [0, 0.05) is 24.2 Å². The van der Waals surface area contributed by atoms with E-state index in [9.17, 15) is 18.0 Å². The van der Waals surface area contributed by atoms with Gasteiger partial charge in [-0.25, -0.2) is 4.79 Å². The smallest absolute Gasteiger partial charge is 0.418 e. The maximum Gasteiger partial charge on any atom is 0.418 e. The molecule has 8 heteroatoms. The number of nitrogens with one attached hydrogen (secondary N) is 1. The molecule has 2 heterocycles. The number of aryl methyl sites for hydroxylation is 1. The number of aromatic nitrogens is 1. The number of pyridine rings is 1. The molecular weight excluding hydrogens is 317 g/mol. The summed E-state index contributed by atoms with van der Waals surface area (Å²) in [4.78, 5) is 15.7. The van der Waals surface area contributed by atoms with Crippen LogP contribution in [0.15, 0.2) is 24.4 Å². The fourth-order valence-electron chi connectivity index (χ4n) is 1.95. The van der Waals surface area contributed by atoms with Crippen molar-refractivity contribution < 1.29 is 23.1 Å². The zero-order valence-electron chi connectivity index (χ0n) is 11.6. The highest BCUT2D eigenvalue weighted by atomic mass is 32.1. The lowest BCUT2D eigenvalue weighted by molar-refractivity contribution is -0.138.